The molecule has 1 aromatic carbocycles. The number of hydrogen-bond acceptors (Lipinski definition) is 2. The minimum Gasteiger partial charge on any atom is -0.379 e. The van der Waals surface area contributed by atoms with Crippen molar-refractivity contribution in [2.24, 2.45) is 0 Å². The van der Waals surface area contributed by atoms with E-state index in [0.717, 1.165) is 18.7 Å². The van der Waals surface area contributed by atoms with Crippen LogP contribution in [-0.4, -0.2) is 25.8 Å². The van der Waals surface area contributed by atoms with Crippen LogP contribution in [0.2, 0.25) is 0 Å². The molecule has 3 rings (SSSR count). The Hall–Kier alpha value is -0.930. The third-order valence-corrected chi connectivity index (χ3v) is 4.69. The van der Waals surface area contributed by atoms with Gasteiger partial charge in [0.1, 0.15) is 5.67 Å². The van der Waals surface area contributed by atoms with Gasteiger partial charge in [-0.15, -0.1) is 0 Å². The molecule has 1 heterocycles. The fraction of sp³-hybridized carbons (Fsp3) is 0.647. The van der Waals surface area contributed by atoms with Gasteiger partial charge in [0, 0.05) is 19.0 Å². The zero-order valence-electron chi connectivity index (χ0n) is 12.2. The van der Waals surface area contributed by atoms with Crippen LogP contribution in [0.25, 0.3) is 0 Å². The molecule has 2 aliphatic rings. The van der Waals surface area contributed by atoms with Gasteiger partial charge in [0.25, 0.3) is 0 Å². The minimum atomic E-state index is -1.29. The number of nitrogens with one attached hydrogen (secondary N) is 1. The maximum atomic E-state index is 15.1. The summed E-state index contributed by atoms with van der Waals surface area (Å²) in [6.45, 7) is 3.87. The molecule has 1 aliphatic heterocycles. The number of ether oxygens (including phenoxy) is 1. The summed E-state index contributed by atoms with van der Waals surface area (Å²) in [6, 6.07) is 8.27. The quantitative estimate of drug-likeness (QED) is 0.909. The summed E-state index contributed by atoms with van der Waals surface area (Å²) in [5.41, 5.74) is 0.831. The second-order valence-corrected chi connectivity index (χ2v) is 6.38. The molecule has 0 radical (unpaired) electrons. The summed E-state index contributed by atoms with van der Waals surface area (Å²) in [6.07, 6.45) is 4.29. The van der Waals surface area contributed by atoms with Crippen molar-refractivity contribution >= 4 is 0 Å². The predicted octanol–water partition coefficient (Wildman–Crippen LogP) is 3.52. The molecule has 0 aromatic heterocycles. The lowest BCUT2D eigenvalue weighted by molar-refractivity contribution is 0.0474. The average molecular weight is 277 g/mol. The van der Waals surface area contributed by atoms with Crippen molar-refractivity contribution in [2.45, 2.75) is 50.2 Å². The highest BCUT2D eigenvalue weighted by atomic mass is 19.1. The van der Waals surface area contributed by atoms with Crippen LogP contribution in [0.1, 0.15) is 49.7 Å². The number of halogens is 1. The number of morpholine rings is 1. The van der Waals surface area contributed by atoms with E-state index in [1.807, 2.05) is 12.1 Å². The number of hydrogen-bond donors (Lipinski definition) is 1. The molecular formula is C17H24FNO. The van der Waals surface area contributed by atoms with E-state index in [2.05, 4.69) is 17.4 Å². The van der Waals surface area contributed by atoms with Gasteiger partial charge >= 0.3 is 0 Å². The minimum absolute atomic E-state index is 0.117. The van der Waals surface area contributed by atoms with Gasteiger partial charge in [0.2, 0.25) is 0 Å². The normalized spacial score (nSPS) is 26.8. The Labute approximate surface area is 120 Å². The maximum Gasteiger partial charge on any atom is 0.134 e. The van der Waals surface area contributed by atoms with E-state index in [4.69, 9.17) is 4.74 Å². The van der Waals surface area contributed by atoms with E-state index in [1.165, 1.54) is 24.8 Å². The van der Waals surface area contributed by atoms with Crippen LogP contribution in [-0.2, 0) is 10.4 Å². The summed E-state index contributed by atoms with van der Waals surface area (Å²) >= 11 is 0. The standard InChI is InChI=1S/C17H24FNO/c1-17(18,11-16-12-20-9-8-19-16)15-7-3-6-14(10-15)13-4-2-5-13/h3,6-7,10,13,16,19H,2,4-5,8-9,11-12H2,1H3. The summed E-state index contributed by atoms with van der Waals surface area (Å²) < 4.78 is 20.5. The summed E-state index contributed by atoms with van der Waals surface area (Å²) in [4.78, 5) is 0. The first-order chi connectivity index (χ1) is 9.65. The molecule has 1 saturated carbocycles. The maximum absolute atomic E-state index is 15.1. The van der Waals surface area contributed by atoms with Crippen LogP contribution in [0, 0.1) is 0 Å². The molecule has 1 N–H and O–H groups in total. The molecule has 1 aliphatic carbocycles. The van der Waals surface area contributed by atoms with Crippen molar-refractivity contribution in [3.05, 3.63) is 35.4 Å². The van der Waals surface area contributed by atoms with Gasteiger partial charge in [-0.2, -0.15) is 0 Å². The lowest BCUT2D eigenvalue weighted by Crippen LogP contribution is -2.44. The van der Waals surface area contributed by atoms with Crippen molar-refractivity contribution in [1.82, 2.24) is 5.32 Å². The Morgan fingerprint density at radius 3 is 2.90 bits per heavy atom. The molecular weight excluding hydrogens is 253 g/mol. The summed E-state index contributed by atoms with van der Waals surface area (Å²) in [5, 5.41) is 3.34. The van der Waals surface area contributed by atoms with Gasteiger partial charge in [-0.1, -0.05) is 30.7 Å². The van der Waals surface area contributed by atoms with E-state index >= 15 is 4.39 Å². The summed E-state index contributed by atoms with van der Waals surface area (Å²) in [5.74, 6) is 0.655. The third kappa shape index (κ3) is 3.04. The molecule has 2 fully saturated rings. The zero-order chi connectivity index (χ0) is 14.0. The Kier molecular flexibility index (Phi) is 4.08. The van der Waals surface area contributed by atoms with E-state index in [-0.39, 0.29) is 6.04 Å². The van der Waals surface area contributed by atoms with Crippen LogP contribution in [0.5, 0.6) is 0 Å². The first kappa shape index (κ1) is 14.0. The van der Waals surface area contributed by atoms with Crippen molar-refractivity contribution in [1.29, 1.82) is 0 Å². The van der Waals surface area contributed by atoms with Crippen LogP contribution in [0.3, 0.4) is 0 Å². The van der Waals surface area contributed by atoms with Crippen molar-refractivity contribution < 1.29 is 9.13 Å². The fourth-order valence-electron chi connectivity index (χ4n) is 3.19. The highest BCUT2D eigenvalue weighted by Gasteiger charge is 2.31. The molecule has 0 bridgehead atoms. The molecule has 0 amide bonds. The van der Waals surface area contributed by atoms with Crippen LogP contribution >= 0.6 is 0 Å². The van der Waals surface area contributed by atoms with E-state index in [9.17, 15) is 0 Å². The predicted molar refractivity (Wildman–Crippen MR) is 78.7 cm³/mol. The van der Waals surface area contributed by atoms with Crippen molar-refractivity contribution in [3.8, 4) is 0 Å². The highest BCUT2D eigenvalue weighted by molar-refractivity contribution is 5.31. The monoisotopic (exact) mass is 277 g/mol. The second kappa shape index (κ2) is 5.82. The average Bonchev–Trinajstić information content (AvgIpc) is 2.38. The van der Waals surface area contributed by atoms with Crippen LogP contribution < -0.4 is 5.32 Å². The molecule has 3 heteroatoms. The molecule has 2 unspecified atom stereocenters. The topological polar surface area (TPSA) is 21.3 Å². The van der Waals surface area contributed by atoms with Crippen molar-refractivity contribution in [2.75, 3.05) is 19.8 Å². The van der Waals surface area contributed by atoms with Crippen LogP contribution in [0.15, 0.2) is 24.3 Å². The largest absolute Gasteiger partial charge is 0.379 e. The lowest BCUT2D eigenvalue weighted by Gasteiger charge is -2.31. The van der Waals surface area contributed by atoms with Gasteiger partial charge in [-0.3, -0.25) is 0 Å². The Bertz CT molecular complexity index is 450. The van der Waals surface area contributed by atoms with Crippen molar-refractivity contribution in [3.63, 3.8) is 0 Å². The second-order valence-electron chi connectivity index (χ2n) is 6.38. The first-order valence-corrected chi connectivity index (χ1v) is 7.76. The van der Waals surface area contributed by atoms with Crippen LogP contribution in [0.4, 0.5) is 4.39 Å². The Morgan fingerprint density at radius 2 is 2.25 bits per heavy atom. The molecule has 1 aromatic rings. The van der Waals surface area contributed by atoms with E-state index in [1.54, 1.807) is 6.92 Å². The Balaban J connectivity index is 1.71. The summed E-state index contributed by atoms with van der Waals surface area (Å²) in [7, 11) is 0. The zero-order valence-corrected chi connectivity index (χ0v) is 12.2. The molecule has 110 valence electrons. The van der Waals surface area contributed by atoms with E-state index < -0.39 is 5.67 Å². The van der Waals surface area contributed by atoms with E-state index in [0.29, 0.717) is 18.9 Å². The van der Waals surface area contributed by atoms with Gasteiger partial charge in [-0.25, -0.2) is 4.39 Å². The number of alkyl halides is 1. The third-order valence-electron chi connectivity index (χ3n) is 4.69. The molecule has 2 nitrogen and oxygen atoms in total. The molecule has 2 atom stereocenters. The number of rotatable bonds is 4. The molecule has 1 saturated heterocycles. The van der Waals surface area contributed by atoms with Gasteiger partial charge in [0.15, 0.2) is 0 Å². The first-order valence-electron chi connectivity index (χ1n) is 7.76. The number of benzene rings is 1. The molecule has 0 spiro atoms. The van der Waals surface area contributed by atoms with Gasteiger partial charge < -0.3 is 10.1 Å². The molecule has 20 heavy (non-hydrogen) atoms. The smallest absolute Gasteiger partial charge is 0.134 e. The lowest BCUT2D eigenvalue weighted by atomic mass is 9.78. The Morgan fingerprint density at radius 1 is 1.40 bits per heavy atom. The fourth-order valence-corrected chi connectivity index (χ4v) is 3.19. The van der Waals surface area contributed by atoms with Gasteiger partial charge in [-0.05, 0) is 36.8 Å². The highest BCUT2D eigenvalue weighted by Crippen LogP contribution is 2.39. The van der Waals surface area contributed by atoms with Gasteiger partial charge in [0.05, 0.1) is 13.2 Å². The SMILES string of the molecule is CC(F)(CC1COCCN1)c1cccc(C2CCC2)c1.